The Morgan fingerprint density at radius 2 is 1.81 bits per heavy atom. The molecule has 1 aromatic carbocycles. The molecule has 5 nitrogen and oxygen atoms in total. The summed E-state index contributed by atoms with van der Waals surface area (Å²) in [5, 5.41) is 13.9. The Hall–Kier alpha value is -2.65. The Morgan fingerprint density at radius 3 is 2.46 bits per heavy atom. The van der Waals surface area contributed by atoms with Crippen molar-refractivity contribution in [1.29, 1.82) is 5.26 Å². The van der Waals surface area contributed by atoms with Crippen molar-refractivity contribution in [2.45, 2.75) is 20.8 Å². The predicted molar refractivity (Wildman–Crippen MR) is 107 cm³/mol. The Morgan fingerprint density at radius 1 is 1.08 bits per heavy atom. The van der Waals surface area contributed by atoms with Crippen LogP contribution in [0.3, 0.4) is 0 Å². The lowest BCUT2D eigenvalue weighted by atomic mass is 10.0. The van der Waals surface area contributed by atoms with E-state index in [-0.39, 0.29) is 0 Å². The minimum absolute atomic E-state index is 0.654. The van der Waals surface area contributed by atoms with E-state index in [1.54, 1.807) is 17.5 Å². The molecule has 0 bridgehead atoms. The zero-order chi connectivity index (χ0) is 18.3. The van der Waals surface area contributed by atoms with E-state index in [9.17, 15) is 5.26 Å². The number of benzene rings is 1. The third-order valence-corrected chi connectivity index (χ3v) is 5.89. The molecule has 4 rings (SSSR count). The Balaban J connectivity index is 1.70. The van der Waals surface area contributed by atoms with Crippen LogP contribution in [-0.4, -0.2) is 36.1 Å². The van der Waals surface area contributed by atoms with Gasteiger partial charge >= 0.3 is 0 Å². The van der Waals surface area contributed by atoms with Gasteiger partial charge in [-0.1, -0.05) is 11.6 Å². The van der Waals surface area contributed by atoms with Crippen molar-refractivity contribution >= 4 is 33.1 Å². The van der Waals surface area contributed by atoms with Crippen molar-refractivity contribution in [1.82, 2.24) is 9.97 Å². The molecule has 3 heterocycles. The topological polar surface area (TPSA) is 56.1 Å². The number of aromatic nitrogens is 2. The molecule has 0 unspecified atom stereocenters. The van der Waals surface area contributed by atoms with Gasteiger partial charge in [-0.15, -0.1) is 11.3 Å². The van der Waals surface area contributed by atoms with Gasteiger partial charge in [-0.3, -0.25) is 4.98 Å². The van der Waals surface area contributed by atoms with Crippen LogP contribution in [0.4, 0.5) is 10.8 Å². The Labute approximate surface area is 157 Å². The summed E-state index contributed by atoms with van der Waals surface area (Å²) in [6, 6.07) is 6.64. The number of anilines is 2. The molecule has 132 valence electrons. The van der Waals surface area contributed by atoms with Crippen LogP contribution in [0.5, 0.6) is 0 Å². The highest BCUT2D eigenvalue weighted by molar-refractivity contribution is 7.13. The van der Waals surface area contributed by atoms with Crippen molar-refractivity contribution in [2.75, 3.05) is 36.0 Å². The monoisotopic (exact) mass is 363 g/mol. The number of thiazole rings is 1. The third-order valence-electron chi connectivity index (χ3n) is 4.87. The molecule has 0 amide bonds. The van der Waals surface area contributed by atoms with Crippen LogP contribution >= 0.6 is 11.3 Å². The SMILES string of the molecule is Cc1cc(C)c2ncc(C#N)c(N3CCN(c4nc(C)cs4)CC3)c2c1. The van der Waals surface area contributed by atoms with Gasteiger partial charge in [-0.05, 0) is 32.4 Å². The van der Waals surface area contributed by atoms with Crippen LogP contribution in [0.15, 0.2) is 23.7 Å². The molecule has 1 saturated heterocycles. The van der Waals surface area contributed by atoms with E-state index in [2.05, 4.69) is 57.2 Å². The molecule has 0 aliphatic carbocycles. The lowest BCUT2D eigenvalue weighted by molar-refractivity contribution is 0.652. The van der Waals surface area contributed by atoms with Crippen molar-refractivity contribution in [3.05, 3.63) is 46.1 Å². The van der Waals surface area contributed by atoms with E-state index in [1.165, 1.54) is 5.56 Å². The number of aryl methyl sites for hydroxylation is 3. The third kappa shape index (κ3) is 2.89. The summed E-state index contributed by atoms with van der Waals surface area (Å²) < 4.78 is 0. The van der Waals surface area contributed by atoms with E-state index in [4.69, 9.17) is 0 Å². The van der Waals surface area contributed by atoms with Gasteiger partial charge in [0.15, 0.2) is 5.13 Å². The fraction of sp³-hybridized carbons (Fsp3) is 0.350. The van der Waals surface area contributed by atoms with Crippen LogP contribution in [0.2, 0.25) is 0 Å². The highest BCUT2D eigenvalue weighted by Crippen LogP contribution is 2.33. The first-order valence-corrected chi connectivity index (χ1v) is 9.67. The van der Waals surface area contributed by atoms with Gasteiger partial charge < -0.3 is 9.80 Å². The van der Waals surface area contributed by atoms with Gasteiger partial charge in [0, 0.05) is 43.1 Å². The average Bonchev–Trinajstić information content (AvgIpc) is 3.07. The maximum absolute atomic E-state index is 9.64. The molecule has 1 aliphatic rings. The van der Waals surface area contributed by atoms with Crippen LogP contribution in [0, 0.1) is 32.1 Å². The highest BCUT2D eigenvalue weighted by Gasteiger charge is 2.23. The van der Waals surface area contributed by atoms with E-state index in [0.29, 0.717) is 5.56 Å². The maximum atomic E-state index is 9.64. The van der Waals surface area contributed by atoms with E-state index >= 15 is 0 Å². The second-order valence-corrected chi connectivity index (χ2v) is 7.69. The van der Waals surface area contributed by atoms with Crippen molar-refractivity contribution in [3.63, 3.8) is 0 Å². The normalized spacial score (nSPS) is 14.7. The molecule has 0 atom stereocenters. The summed E-state index contributed by atoms with van der Waals surface area (Å²) in [7, 11) is 0. The molecule has 0 radical (unpaired) electrons. The van der Waals surface area contributed by atoms with Gasteiger partial charge in [0.05, 0.1) is 22.5 Å². The maximum Gasteiger partial charge on any atom is 0.185 e. The fourth-order valence-electron chi connectivity index (χ4n) is 3.68. The van der Waals surface area contributed by atoms with Crippen LogP contribution < -0.4 is 9.80 Å². The molecule has 1 aliphatic heterocycles. The van der Waals surface area contributed by atoms with Gasteiger partial charge in [0.2, 0.25) is 0 Å². The molecule has 0 spiro atoms. The largest absolute Gasteiger partial charge is 0.366 e. The summed E-state index contributed by atoms with van der Waals surface area (Å²) >= 11 is 1.70. The summed E-state index contributed by atoms with van der Waals surface area (Å²) in [5.74, 6) is 0. The number of nitrogens with zero attached hydrogens (tertiary/aromatic N) is 5. The number of piperazine rings is 1. The number of nitriles is 1. The first kappa shape index (κ1) is 16.8. The second kappa shape index (κ2) is 6.58. The average molecular weight is 363 g/mol. The minimum atomic E-state index is 0.654. The van der Waals surface area contributed by atoms with Crippen LogP contribution in [0.1, 0.15) is 22.4 Å². The molecule has 3 aromatic rings. The van der Waals surface area contributed by atoms with E-state index < -0.39 is 0 Å². The quantitative estimate of drug-likeness (QED) is 0.693. The van der Waals surface area contributed by atoms with Crippen LogP contribution in [-0.2, 0) is 0 Å². The summed E-state index contributed by atoms with van der Waals surface area (Å²) in [4.78, 5) is 13.8. The minimum Gasteiger partial charge on any atom is -0.366 e. The number of hydrogen-bond donors (Lipinski definition) is 0. The van der Waals surface area contributed by atoms with Crippen molar-refractivity contribution < 1.29 is 0 Å². The molecule has 6 heteroatoms. The van der Waals surface area contributed by atoms with E-state index in [0.717, 1.165) is 59.2 Å². The summed E-state index contributed by atoms with van der Waals surface area (Å²) in [5.41, 5.74) is 6.10. The van der Waals surface area contributed by atoms with Crippen molar-refractivity contribution in [2.24, 2.45) is 0 Å². The molecule has 26 heavy (non-hydrogen) atoms. The molecular formula is C20H21N5S. The first-order chi connectivity index (χ1) is 12.6. The Kier molecular flexibility index (Phi) is 4.25. The number of rotatable bonds is 2. The van der Waals surface area contributed by atoms with Gasteiger partial charge in [0.1, 0.15) is 6.07 Å². The number of hydrogen-bond acceptors (Lipinski definition) is 6. The van der Waals surface area contributed by atoms with Crippen molar-refractivity contribution in [3.8, 4) is 6.07 Å². The zero-order valence-electron chi connectivity index (χ0n) is 15.3. The summed E-state index contributed by atoms with van der Waals surface area (Å²) in [6.45, 7) is 9.78. The molecule has 0 saturated carbocycles. The molecule has 1 fully saturated rings. The smallest absolute Gasteiger partial charge is 0.185 e. The van der Waals surface area contributed by atoms with E-state index in [1.807, 2.05) is 6.92 Å². The standard InChI is InChI=1S/C20H21N5S/c1-13-8-14(2)18-17(9-13)19(16(10-21)11-22-18)24-4-6-25(7-5-24)20-23-15(3)12-26-20/h8-9,11-12H,4-7H2,1-3H3. The fourth-order valence-corrected chi connectivity index (χ4v) is 4.53. The molecule has 2 aromatic heterocycles. The predicted octanol–water partition coefficient (Wildman–Crippen LogP) is 3.81. The number of fused-ring (bicyclic) bond motifs is 1. The molecular weight excluding hydrogens is 342 g/mol. The number of pyridine rings is 1. The Bertz CT molecular complexity index is 1010. The highest BCUT2D eigenvalue weighted by atomic mass is 32.1. The zero-order valence-corrected chi connectivity index (χ0v) is 16.1. The van der Waals surface area contributed by atoms with Gasteiger partial charge in [-0.2, -0.15) is 5.26 Å². The first-order valence-electron chi connectivity index (χ1n) is 8.79. The second-order valence-electron chi connectivity index (χ2n) is 6.86. The van der Waals surface area contributed by atoms with Crippen LogP contribution in [0.25, 0.3) is 10.9 Å². The van der Waals surface area contributed by atoms with Gasteiger partial charge in [-0.25, -0.2) is 4.98 Å². The molecule has 0 N–H and O–H groups in total. The lowest BCUT2D eigenvalue weighted by Crippen LogP contribution is -2.46. The lowest BCUT2D eigenvalue weighted by Gasteiger charge is -2.36. The van der Waals surface area contributed by atoms with Gasteiger partial charge in [0.25, 0.3) is 0 Å². The summed E-state index contributed by atoms with van der Waals surface area (Å²) in [6.07, 6.45) is 1.72.